The van der Waals surface area contributed by atoms with Crippen molar-refractivity contribution in [2.24, 2.45) is 0 Å². The van der Waals surface area contributed by atoms with Crippen LogP contribution >= 0.6 is 0 Å². The van der Waals surface area contributed by atoms with Crippen LogP contribution in [0.4, 0.5) is 5.82 Å². The first-order valence-corrected chi connectivity index (χ1v) is 11.3. The van der Waals surface area contributed by atoms with Crippen molar-refractivity contribution in [1.82, 2.24) is 34.4 Å². The zero-order valence-corrected chi connectivity index (χ0v) is 19.1. The van der Waals surface area contributed by atoms with E-state index in [0.29, 0.717) is 17.4 Å². The Labute approximate surface area is 192 Å². The van der Waals surface area contributed by atoms with Crippen molar-refractivity contribution in [2.75, 3.05) is 25.5 Å². The monoisotopic (exact) mass is 444 g/mol. The van der Waals surface area contributed by atoms with Gasteiger partial charge in [0.15, 0.2) is 0 Å². The summed E-state index contributed by atoms with van der Waals surface area (Å²) in [5.74, 6) is 0.239. The van der Waals surface area contributed by atoms with Gasteiger partial charge >= 0.3 is 0 Å². The number of nitrogens with one attached hydrogen (secondary N) is 1. The summed E-state index contributed by atoms with van der Waals surface area (Å²) >= 11 is 0. The predicted octanol–water partition coefficient (Wildman–Crippen LogP) is 3.79. The lowest BCUT2D eigenvalue weighted by Gasteiger charge is -2.28. The third-order valence-corrected chi connectivity index (χ3v) is 6.20. The molecule has 0 bridgehead atoms. The predicted molar refractivity (Wildman–Crippen MR) is 127 cm³/mol. The topological polar surface area (TPSA) is 93.8 Å². The molecule has 1 aliphatic rings. The number of hydrogen-bond donors (Lipinski definition) is 1. The van der Waals surface area contributed by atoms with Crippen molar-refractivity contribution < 1.29 is 4.79 Å². The molecular formula is C24H28N8O. The van der Waals surface area contributed by atoms with Gasteiger partial charge in [-0.2, -0.15) is 10.2 Å². The summed E-state index contributed by atoms with van der Waals surface area (Å²) in [6.07, 6.45) is 13.1. The van der Waals surface area contributed by atoms with Gasteiger partial charge in [0.2, 0.25) is 0 Å². The van der Waals surface area contributed by atoms with E-state index in [1.807, 2.05) is 32.3 Å². The van der Waals surface area contributed by atoms with E-state index in [0.717, 1.165) is 48.0 Å². The number of hydrogen-bond acceptors (Lipinski definition) is 6. The Balaban J connectivity index is 1.35. The van der Waals surface area contributed by atoms with E-state index < -0.39 is 0 Å². The maximum Gasteiger partial charge on any atom is 0.260 e. The molecule has 170 valence electrons. The number of piperidine rings is 1. The Morgan fingerprint density at radius 2 is 1.82 bits per heavy atom. The molecule has 0 aromatic carbocycles. The van der Waals surface area contributed by atoms with Gasteiger partial charge in [0.1, 0.15) is 5.82 Å². The minimum Gasteiger partial charge on any atom is -0.306 e. The molecule has 4 aromatic rings. The van der Waals surface area contributed by atoms with Gasteiger partial charge in [-0.25, -0.2) is 4.98 Å². The van der Waals surface area contributed by atoms with E-state index in [1.54, 1.807) is 23.3 Å². The Hall–Kier alpha value is -3.59. The van der Waals surface area contributed by atoms with Gasteiger partial charge < -0.3 is 10.2 Å². The molecule has 5 heterocycles. The number of rotatable bonds is 5. The Bertz CT molecular complexity index is 1280. The first kappa shape index (κ1) is 21.3. The largest absolute Gasteiger partial charge is 0.306 e. The third kappa shape index (κ3) is 4.49. The SMILES string of the molecule is CC(C)n1cc(C(=O)Nc2cc3cc(-c4cnn(C5CCN(C)CC5)c4)cnc3cn2)cn1. The van der Waals surface area contributed by atoms with Crippen molar-refractivity contribution in [3.05, 3.63) is 54.9 Å². The zero-order valence-electron chi connectivity index (χ0n) is 19.1. The second-order valence-electron chi connectivity index (χ2n) is 8.99. The van der Waals surface area contributed by atoms with Crippen LogP contribution in [0.15, 0.2) is 49.3 Å². The molecule has 33 heavy (non-hydrogen) atoms. The van der Waals surface area contributed by atoms with Crippen molar-refractivity contribution in [3.63, 3.8) is 0 Å². The van der Waals surface area contributed by atoms with Crippen LogP contribution in [0.2, 0.25) is 0 Å². The molecule has 1 aliphatic heterocycles. The van der Waals surface area contributed by atoms with Crippen LogP contribution in [0.1, 0.15) is 49.1 Å². The zero-order chi connectivity index (χ0) is 22.9. The van der Waals surface area contributed by atoms with Gasteiger partial charge in [0.25, 0.3) is 5.91 Å². The summed E-state index contributed by atoms with van der Waals surface area (Å²) in [4.78, 5) is 23.9. The molecule has 1 amide bonds. The average Bonchev–Trinajstić information content (AvgIpc) is 3.50. The Morgan fingerprint density at radius 1 is 1.00 bits per heavy atom. The molecular weight excluding hydrogens is 416 g/mol. The molecule has 5 rings (SSSR count). The molecule has 0 radical (unpaired) electrons. The number of nitrogens with zero attached hydrogens (tertiary/aromatic N) is 7. The van der Waals surface area contributed by atoms with Gasteiger partial charge in [-0.1, -0.05) is 0 Å². The first-order valence-electron chi connectivity index (χ1n) is 11.3. The number of amides is 1. The highest BCUT2D eigenvalue weighted by atomic mass is 16.1. The van der Waals surface area contributed by atoms with Crippen molar-refractivity contribution in [1.29, 1.82) is 0 Å². The highest BCUT2D eigenvalue weighted by molar-refractivity contribution is 6.04. The van der Waals surface area contributed by atoms with Crippen molar-refractivity contribution in [3.8, 4) is 11.1 Å². The summed E-state index contributed by atoms with van der Waals surface area (Å²) in [5, 5.41) is 12.6. The van der Waals surface area contributed by atoms with Gasteiger partial charge in [-0.3, -0.25) is 19.1 Å². The van der Waals surface area contributed by atoms with Crippen molar-refractivity contribution >= 4 is 22.6 Å². The number of carbonyl (C=O) groups excluding carboxylic acids is 1. The number of fused-ring (bicyclic) bond motifs is 1. The molecule has 0 spiro atoms. The summed E-state index contributed by atoms with van der Waals surface area (Å²) < 4.78 is 3.84. The van der Waals surface area contributed by atoms with E-state index in [4.69, 9.17) is 0 Å². The van der Waals surface area contributed by atoms with Crippen molar-refractivity contribution in [2.45, 2.75) is 38.8 Å². The lowest BCUT2D eigenvalue weighted by Crippen LogP contribution is -2.31. The molecule has 1 fully saturated rings. The van der Waals surface area contributed by atoms with Crippen LogP contribution in [0.5, 0.6) is 0 Å². The molecule has 0 atom stereocenters. The fraction of sp³-hybridized carbons (Fsp3) is 0.375. The second-order valence-corrected chi connectivity index (χ2v) is 8.99. The summed E-state index contributed by atoms with van der Waals surface area (Å²) in [5.41, 5.74) is 3.29. The molecule has 9 heteroatoms. The highest BCUT2D eigenvalue weighted by Crippen LogP contribution is 2.27. The van der Waals surface area contributed by atoms with Crippen LogP contribution in [0.3, 0.4) is 0 Å². The third-order valence-electron chi connectivity index (χ3n) is 6.20. The normalized spacial score (nSPS) is 15.4. The van der Waals surface area contributed by atoms with Crippen LogP contribution in [0.25, 0.3) is 22.0 Å². The number of anilines is 1. The summed E-state index contributed by atoms with van der Waals surface area (Å²) in [6.45, 7) is 6.22. The van der Waals surface area contributed by atoms with Gasteiger partial charge in [-0.05, 0) is 59.0 Å². The molecule has 0 unspecified atom stereocenters. The van der Waals surface area contributed by atoms with Gasteiger partial charge in [0.05, 0.1) is 35.7 Å². The standard InChI is InChI=1S/C24H28N8O/c1-16(2)31-15-20(12-27-31)24(33)29-23-9-17-8-18(10-25-22(17)13-26-23)19-11-28-32(14-19)21-4-6-30(3)7-5-21/h8-16,21H,4-7H2,1-3H3,(H,26,29,33). The van der Waals surface area contributed by atoms with E-state index >= 15 is 0 Å². The fourth-order valence-corrected chi connectivity index (χ4v) is 4.13. The number of likely N-dealkylation sites (tertiary alicyclic amines) is 1. The fourth-order valence-electron chi connectivity index (χ4n) is 4.13. The molecule has 1 saturated heterocycles. The number of aromatic nitrogens is 6. The first-order chi connectivity index (χ1) is 16.0. The van der Waals surface area contributed by atoms with Crippen LogP contribution < -0.4 is 5.32 Å². The molecule has 1 N–H and O–H groups in total. The minimum atomic E-state index is -0.239. The molecule has 0 saturated carbocycles. The van der Waals surface area contributed by atoms with Gasteiger partial charge in [-0.15, -0.1) is 0 Å². The number of pyridine rings is 2. The average molecular weight is 445 g/mol. The quantitative estimate of drug-likeness (QED) is 0.503. The van der Waals surface area contributed by atoms with Crippen LogP contribution in [-0.2, 0) is 0 Å². The minimum absolute atomic E-state index is 0.193. The summed E-state index contributed by atoms with van der Waals surface area (Å²) in [7, 11) is 2.16. The van der Waals surface area contributed by atoms with E-state index in [2.05, 4.69) is 54.4 Å². The molecule has 4 aromatic heterocycles. The van der Waals surface area contributed by atoms with E-state index in [9.17, 15) is 4.79 Å². The van der Waals surface area contributed by atoms with Crippen LogP contribution in [-0.4, -0.2) is 60.5 Å². The lowest BCUT2D eigenvalue weighted by molar-refractivity contribution is 0.102. The highest BCUT2D eigenvalue weighted by Gasteiger charge is 2.19. The summed E-state index contributed by atoms with van der Waals surface area (Å²) in [6, 6.07) is 4.54. The second kappa shape index (κ2) is 8.74. The van der Waals surface area contributed by atoms with Gasteiger partial charge in [0, 0.05) is 41.1 Å². The maximum absolute atomic E-state index is 12.6. The number of carbonyl (C=O) groups is 1. The molecule has 9 nitrogen and oxygen atoms in total. The van der Waals surface area contributed by atoms with Crippen LogP contribution in [0, 0.1) is 0 Å². The molecule has 0 aliphatic carbocycles. The maximum atomic E-state index is 12.6. The lowest BCUT2D eigenvalue weighted by atomic mass is 10.1. The smallest absolute Gasteiger partial charge is 0.260 e. The van der Waals surface area contributed by atoms with E-state index in [1.165, 1.54) is 0 Å². The van der Waals surface area contributed by atoms with E-state index in [-0.39, 0.29) is 11.9 Å². The Morgan fingerprint density at radius 3 is 2.58 bits per heavy atom. The Kier molecular flexibility index (Phi) is 5.63.